The van der Waals surface area contributed by atoms with E-state index in [1.165, 1.54) is 21.8 Å². The third kappa shape index (κ3) is 2.65. The molecule has 3 heteroatoms. The average Bonchev–Trinajstić information content (AvgIpc) is 3.49. The van der Waals surface area contributed by atoms with Crippen molar-refractivity contribution in [1.29, 1.82) is 0 Å². The minimum absolute atomic E-state index is 0.842. The van der Waals surface area contributed by atoms with Gasteiger partial charge in [-0.15, -0.1) is 0 Å². The van der Waals surface area contributed by atoms with Gasteiger partial charge in [0.2, 0.25) is 0 Å². The van der Waals surface area contributed by atoms with E-state index in [1.807, 2.05) is 24.3 Å². The normalized spacial score (nSPS) is 11.9. The summed E-state index contributed by atoms with van der Waals surface area (Å²) in [6, 6.07) is 42.3. The molecule has 0 fully saturated rings. The van der Waals surface area contributed by atoms with Crippen LogP contribution in [-0.4, -0.2) is 9.55 Å². The first-order valence-corrected chi connectivity index (χ1v) is 12.2. The number of fused-ring (bicyclic) bond motifs is 8. The van der Waals surface area contributed by atoms with Crippen LogP contribution in [0.4, 0.5) is 0 Å². The molecule has 3 heterocycles. The lowest BCUT2D eigenvalue weighted by Gasteiger charge is -2.12. The molecule has 0 N–H and O–H groups in total. The maximum atomic E-state index is 6.63. The number of rotatable bonds is 2. The summed E-state index contributed by atoms with van der Waals surface area (Å²) >= 11 is 0. The molecule has 0 aliphatic carbocycles. The smallest absolute Gasteiger partial charge is 0.144 e. The molecule has 5 aromatic carbocycles. The number of hydrogen-bond acceptors (Lipinski definition) is 2. The summed E-state index contributed by atoms with van der Waals surface area (Å²) in [7, 11) is 0. The molecule has 168 valence electrons. The van der Waals surface area contributed by atoms with Crippen LogP contribution in [0.2, 0.25) is 0 Å². The second-order valence-corrected chi connectivity index (χ2v) is 9.20. The van der Waals surface area contributed by atoms with E-state index in [1.54, 1.807) is 0 Å². The third-order valence-electron chi connectivity index (χ3n) is 7.17. The lowest BCUT2D eigenvalue weighted by atomic mass is 9.98. The zero-order chi connectivity index (χ0) is 23.6. The first kappa shape index (κ1) is 19.4. The highest BCUT2D eigenvalue weighted by molar-refractivity contribution is 6.13. The molecule has 0 bridgehead atoms. The van der Waals surface area contributed by atoms with Crippen LogP contribution >= 0.6 is 0 Å². The molecule has 8 rings (SSSR count). The van der Waals surface area contributed by atoms with Gasteiger partial charge in [-0.05, 0) is 54.6 Å². The van der Waals surface area contributed by atoms with Crippen molar-refractivity contribution in [2.24, 2.45) is 0 Å². The molecule has 36 heavy (non-hydrogen) atoms. The van der Waals surface area contributed by atoms with Crippen molar-refractivity contribution in [2.75, 3.05) is 0 Å². The number of para-hydroxylation sites is 4. The van der Waals surface area contributed by atoms with Crippen molar-refractivity contribution in [3.05, 3.63) is 121 Å². The number of benzene rings is 5. The first-order valence-electron chi connectivity index (χ1n) is 12.2. The van der Waals surface area contributed by atoms with Crippen molar-refractivity contribution in [3.63, 3.8) is 0 Å². The summed E-state index contributed by atoms with van der Waals surface area (Å²) in [5.74, 6) is 0.857. The van der Waals surface area contributed by atoms with E-state index in [2.05, 4.69) is 102 Å². The highest BCUT2D eigenvalue weighted by Crippen LogP contribution is 2.45. The predicted octanol–water partition coefficient (Wildman–Crippen LogP) is 8.85. The molecule has 0 atom stereocenters. The Bertz CT molecular complexity index is 2050. The van der Waals surface area contributed by atoms with Gasteiger partial charge >= 0.3 is 0 Å². The topological polar surface area (TPSA) is 31.0 Å². The fraction of sp³-hybridized carbons (Fsp3) is 0. The van der Waals surface area contributed by atoms with Crippen molar-refractivity contribution in [3.8, 4) is 28.3 Å². The SMILES string of the molecule is c1ccc(-n2c3ccccc3c3cc(-c4oc5ccccc5c5nc6ccccc6c4-5)ccc32)cc1. The van der Waals surface area contributed by atoms with E-state index < -0.39 is 0 Å². The van der Waals surface area contributed by atoms with E-state index in [0.29, 0.717) is 0 Å². The molecule has 0 unspecified atom stereocenters. The Morgan fingerprint density at radius 3 is 2.14 bits per heavy atom. The van der Waals surface area contributed by atoms with Crippen LogP contribution in [0, 0.1) is 0 Å². The maximum absolute atomic E-state index is 6.63. The van der Waals surface area contributed by atoms with E-state index >= 15 is 0 Å². The van der Waals surface area contributed by atoms with E-state index in [9.17, 15) is 0 Å². The molecule has 0 saturated heterocycles. The minimum Gasteiger partial charge on any atom is -0.455 e. The molecular weight excluding hydrogens is 440 g/mol. The Labute approximate surface area is 207 Å². The van der Waals surface area contributed by atoms with Gasteiger partial charge in [0.05, 0.1) is 27.8 Å². The molecule has 0 saturated carbocycles. The second-order valence-electron chi connectivity index (χ2n) is 9.20. The molecule has 3 nitrogen and oxygen atoms in total. The van der Waals surface area contributed by atoms with E-state index in [-0.39, 0.29) is 0 Å². The summed E-state index contributed by atoms with van der Waals surface area (Å²) in [6.07, 6.45) is 0. The van der Waals surface area contributed by atoms with Gasteiger partial charge in [-0.2, -0.15) is 0 Å². The van der Waals surface area contributed by atoms with Crippen LogP contribution < -0.4 is 0 Å². The van der Waals surface area contributed by atoms with Crippen LogP contribution in [0.1, 0.15) is 0 Å². The van der Waals surface area contributed by atoms with E-state index in [0.717, 1.165) is 50.1 Å². The van der Waals surface area contributed by atoms with Crippen LogP contribution in [0.5, 0.6) is 0 Å². The van der Waals surface area contributed by atoms with Crippen LogP contribution in [0.15, 0.2) is 126 Å². The van der Waals surface area contributed by atoms with Crippen LogP contribution in [0.25, 0.3) is 71.9 Å². The summed E-state index contributed by atoms with van der Waals surface area (Å²) in [5, 5.41) is 4.58. The third-order valence-corrected chi connectivity index (χ3v) is 7.17. The molecule has 0 amide bonds. The van der Waals surface area contributed by atoms with Gasteiger partial charge in [-0.3, -0.25) is 0 Å². The Kier molecular flexibility index (Phi) is 3.94. The summed E-state index contributed by atoms with van der Waals surface area (Å²) in [6.45, 7) is 0. The zero-order valence-electron chi connectivity index (χ0n) is 19.3. The van der Waals surface area contributed by atoms with Crippen molar-refractivity contribution >= 4 is 43.7 Å². The second kappa shape index (κ2) is 7.30. The standard InChI is InChI=1S/C33H20N2O/c1-2-10-22(11-3-1)35-28-16-8-5-12-23(28)26-20-21(18-19-29(26)35)33-31-24-13-4-7-15-27(24)34-32(31)25-14-6-9-17-30(25)36-33/h1-20H. The molecule has 0 spiro atoms. The molecule has 1 aromatic heterocycles. The fourth-order valence-corrected chi connectivity index (χ4v) is 5.60. The summed E-state index contributed by atoms with van der Waals surface area (Å²) < 4.78 is 8.97. The first-order chi connectivity index (χ1) is 17.9. The van der Waals surface area contributed by atoms with Crippen LogP contribution in [0.3, 0.4) is 0 Å². The Balaban J connectivity index is 1.48. The van der Waals surface area contributed by atoms with Gasteiger partial charge in [0.25, 0.3) is 0 Å². The van der Waals surface area contributed by atoms with Crippen LogP contribution in [-0.2, 0) is 0 Å². The predicted molar refractivity (Wildman–Crippen MR) is 148 cm³/mol. The number of hydrogen-bond donors (Lipinski definition) is 0. The minimum atomic E-state index is 0.842. The van der Waals surface area contributed by atoms with Gasteiger partial charge in [0.1, 0.15) is 11.3 Å². The largest absolute Gasteiger partial charge is 0.455 e. The van der Waals surface area contributed by atoms with E-state index in [4.69, 9.17) is 9.40 Å². The van der Waals surface area contributed by atoms with Gasteiger partial charge in [-0.25, -0.2) is 4.98 Å². The monoisotopic (exact) mass is 460 g/mol. The van der Waals surface area contributed by atoms with Crippen molar-refractivity contribution in [1.82, 2.24) is 9.55 Å². The molecule has 6 aromatic rings. The van der Waals surface area contributed by atoms with Crippen molar-refractivity contribution in [2.45, 2.75) is 0 Å². The van der Waals surface area contributed by atoms with Gasteiger partial charge in [0, 0.05) is 32.8 Å². The molecule has 2 aliphatic heterocycles. The fourth-order valence-electron chi connectivity index (χ4n) is 5.60. The average molecular weight is 461 g/mol. The van der Waals surface area contributed by atoms with Gasteiger partial charge in [-0.1, -0.05) is 66.7 Å². The van der Waals surface area contributed by atoms with Gasteiger partial charge < -0.3 is 8.98 Å². The summed E-state index contributed by atoms with van der Waals surface area (Å²) in [4.78, 5) is 5.02. The lowest BCUT2D eigenvalue weighted by molar-refractivity contribution is 0.622. The summed E-state index contributed by atoms with van der Waals surface area (Å²) in [5.41, 5.74) is 8.45. The maximum Gasteiger partial charge on any atom is 0.144 e. The molecular formula is C33H20N2O. The lowest BCUT2D eigenvalue weighted by Crippen LogP contribution is -1.93. The van der Waals surface area contributed by atoms with Crippen molar-refractivity contribution < 1.29 is 4.42 Å². The Hall–Kier alpha value is -4.89. The highest BCUT2D eigenvalue weighted by Gasteiger charge is 2.23. The quantitative estimate of drug-likeness (QED) is 0.258. The Morgan fingerprint density at radius 2 is 1.25 bits per heavy atom. The number of aromatic nitrogens is 2. The molecule has 0 radical (unpaired) electrons. The van der Waals surface area contributed by atoms with Gasteiger partial charge in [0.15, 0.2) is 0 Å². The zero-order valence-corrected chi connectivity index (χ0v) is 19.3. The molecule has 2 aliphatic rings. The highest BCUT2D eigenvalue weighted by atomic mass is 16.3. The number of nitrogens with zero attached hydrogens (tertiary/aromatic N) is 2. The Morgan fingerprint density at radius 1 is 0.556 bits per heavy atom.